The highest BCUT2D eigenvalue weighted by Gasteiger charge is 1.87. The Morgan fingerprint density at radius 1 is 1.14 bits per heavy atom. The third-order valence-corrected chi connectivity index (χ3v) is 2.05. The third kappa shape index (κ3) is 5.11. The van der Waals surface area contributed by atoms with Gasteiger partial charge < -0.3 is 0 Å². The summed E-state index contributed by atoms with van der Waals surface area (Å²) >= 11 is 10.9. The molecule has 0 aliphatic carbocycles. The van der Waals surface area contributed by atoms with E-state index in [-0.39, 0.29) is 0 Å². The van der Waals surface area contributed by atoms with Gasteiger partial charge in [-0.2, -0.15) is 0 Å². The van der Waals surface area contributed by atoms with E-state index >= 15 is 0 Å². The molecule has 14 heavy (non-hydrogen) atoms. The molecule has 0 aliphatic heterocycles. The van der Waals surface area contributed by atoms with Crippen LogP contribution in [0, 0.1) is 0 Å². The Bertz CT molecular complexity index is 308. The second-order valence-corrected chi connectivity index (χ2v) is 3.92. The molecule has 0 N–H and O–H groups in total. The summed E-state index contributed by atoms with van der Waals surface area (Å²) in [5, 5.41) is 0. The van der Waals surface area contributed by atoms with Gasteiger partial charge in [-0.25, -0.2) is 0 Å². The minimum Gasteiger partial charge on any atom is -0.0841 e. The summed E-state index contributed by atoms with van der Waals surface area (Å²) in [5.74, 6) is 0. The third-order valence-electron chi connectivity index (χ3n) is 1.80. The quantitative estimate of drug-likeness (QED) is 0.664. The zero-order valence-corrected chi connectivity index (χ0v) is 9.30. The number of benzene rings is 1. The van der Waals surface area contributed by atoms with Crippen LogP contribution in [0.3, 0.4) is 0 Å². The maximum Gasteiger partial charge on any atom is 0.106 e. The minimum atomic E-state index is 0.293. The average molecular weight is 227 g/mol. The Morgan fingerprint density at radius 2 is 1.86 bits per heavy atom. The Kier molecular flexibility index (Phi) is 5.43. The van der Waals surface area contributed by atoms with E-state index in [9.17, 15) is 0 Å². The number of aryl methyl sites for hydroxylation is 1. The van der Waals surface area contributed by atoms with E-state index in [1.807, 2.05) is 12.1 Å². The highest BCUT2D eigenvalue weighted by atomic mass is 35.5. The lowest BCUT2D eigenvalue weighted by atomic mass is 10.1. The number of rotatable bonds is 4. The van der Waals surface area contributed by atoms with E-state index in [4.69, 9.17) is 23.2 Å². The van der Waals surface area contributed by atoms with Gasteiger partial charge >= 0.3 is 0 Å². The van der Waals surface area contributed by atoms with Gasteiger partial charge in [0.1, 0.15) is 4.49 Å². The predicted molar refractivity (Wildman–Crippen MR) is 63.7 cm³/mol. The van der Waals surface area contributed by atoms with E-state index in [2.05, 4.69) is 30.3 Å². The van der Waals surface area contributed by atoms with Gasteiger partial charge in [0.25, 0.3) is 0 Å². The average Bonchev–Trinajstić information content (AvgIpc) is 2.18. The molecule has 0 unspecified atom stereocenters. The molecular formula is C12H12Cl2. The van der Waals surface area contributed by atoms with Crippen molar-refractivity contribution in [3.05, 3.63) is 58.6 Å². The molecular weight excluding hydrogens is 215 g/mol. The highest BCUT2D eigenvalue weighted by molar-refractivity contribution is 6.55. The van der Waals surface area contributed by atoms with Crippen LogP contribution >= 0.6 is 23.2 Å². The molecule has 0 radical (unpaired) electrons. The molecule has 1 aromatic rings. The van der Waals surface area contributed by atoms with Gasteiger partial charge in [0, 0.05) is 0 Å². The Morgan fingerprint density at radius 3 is 2.50 bits per heavy atom. The van der Waals surface area contributed by atoms with Crippen LogP contribution in [0.5, 0.6) is 0 Å². The first-order valence-electron chi connectivity index (χ1n) is 4.51. The number of hydrogen-bond acceptors (Lipinski definition) is 0. The summed E-state index contributed by atoms with van der Waals surface area (Å²) in [7, 11) is 0. The highest BCUT2D eigenvalue weighted by Crippen LogP contribution is 2.07. The fourth-order valence-corrected chi connectivity index (χ4v) is 1.28. The summed E-state index contributed by atoms with van der Waals surface area (Å²) in [5.41, 5.74) is 1.35. The zero-order chi connectivity index (χ0) is 10.2. The van der Waals surface area contributed by atoms with Crippen molar-refractivity contribution >= 4 is 23.2 Å². The fraction of sp³-hybridized carbons (Fsp3) is 0.167. The summed E-state index contributed by atoms with van der Waals surface area (Å²) < 4.78 is 0.293. The first kappa shape index (κ1) is 11.4. The minimum absolute atomic E-state index is 0.293. The van der Waals surface area contributed by atoms with Gasteiger partial charge in [0.2, 0.25) is 0 Å². The van der Waals surface area contributed by atoms with Gasteiger partial charge in [-0.1, -0.05) is 65.7 Å². The first-order chi connectivity index (χ1) is 6.79. The van der Waals surface area contributed by atoms with E-state index < -0.39 is 0 Å². The maximum absolute atomic E-state index is 5.45. The smallest absolute Gasteiger partial charge is 0.0841 e. The lowest BCUT2D eigenvalue weighted by Crippen LogP contribution is -1.80. The molecule has 0 atom stereocenters. The molecule has 1 aromatic carbocycles. The molecule has 0 nitrogen and oxygen atoms in total. The van der Waals surface area contributed by atoms with Crippen LogP contribution in [-0.4, -0.2) is 0 Å². The van der Waals surface area contributed by atoms with E-state index in [0.29, 0.717) is 4.49 Å². The lowest BCUT2D eigenvalue weighted by Gasteiger charge is -1.95. The fourth-order valence-electron chi connectivity index (χ4n) is 1.13. The molecule has 0 saturated carbocycles. The monoisotopic (exact) mass is 226 g/mol. The Labute approximate surface area is 94.8 Å². The Balaban J connectivity index is 2.29. The van der Waals surface area contributed by atoms with Crippen LogP contribution in [0.15, 0.2) is 53.1 Å². The SMILES string of the molecule is ClC(Cl)=C/C=C\CCc1ccccc1. The van der Waals surface area contributed by atoms with E-state index in [1.165, 1.54) is 5.56 Å². The normalized spacial score (nSPS) is 10.4. The van der Waals surface area contributed by atoms with Crippen LogP contribution in [0.4, 0.5) is 0 Å². The van der Waals surface area contributed by atoms with Crippen LogP contribution in [0.25, 0.3) is 0 Å². The van der Waals surface area contributed by atoms with Crippen molar-refractivity contribution in [3.63, 3.8) is 0 Å². The molecule has 0 saturated heterocycles. The number of halogens is 2. The van der Waals surface area contributed by atoms with Gasteiger partial charge in [0.15, 0.2) is 0 Å². The molecule has 0 aromatic heterocycles. The van der Waals surface area contributed by atoms with Crippen LogP contribution in [-0.2, 0) is 6.42 Å². The second-order valence-electron chi connectivity index (χ2n) is 2.91. The maximum atomic E-state index is 5.45. The van der Waals surface area contributed by atoms with Gasteiger partial charge in [0.05, 0.1) is 0 Å². The topological polar surface area (TPSA) is 0 Å². The molecule has 0 heterocycles. The van der Waals surface area contributed by atoms with Gasteiger partial charge in [-0.15, -0.1) is 0 Å². The van der Waals surface area contributed by atoms with Crippen molar-refractivity contribution in [2.45, 2.75) is 12.8 Å². The molecule has 74 valence electrons. The standard InChI is InChI=1S/C12H12Cl2/c13-12(14)10-6-2-5-9-11-7-3-1-4-8-11/h1-4,6-8,10H,5,9H2/b6-2-. The second kappa shape index (κ2) is 6.69. The molecule has 0 amide bonds. The molecule has 2 heteroatoms. The van der Waals surface area contributed by atoms with Crippen molar-refractivity contribution in [3.8, 4) is 0 Å². The van der Waals surface area contributed by atoms with Crippen molar-refractivity contribution in [2.75, 3.05) is 0 Å². The van der Waals surface area contributed by atoms with Gasteiger partial charge in [-0.3, -0.25) is 0 Å². The van der Waals surface area contributed by atoms with Crippen LogP contribution < -0.4 is 0 Å². The van der Waals surface area contributed by atoms with E-state index in [0.717, 1.165) is 12.8 Å². The molecule has 0 spiro atoms. The van der Waals surface area contributed by atoms with E-state index in [1.54, 1.807) is 6.08 Å². The summed E-state index contributed by atoms with van der Waals surface area (Å²) in [6.07, 6.45) is 7.65. The lowest BCUT2D eigenvalue weighted by molar-refractivity contribution is 1.00. The largest absolute Gasteiger partial charge is 0.106 e. The van der Waals surface area contributed by atoms with Gasteiger partial charge in [-0.05, 0) is 24.5 Å². The first-order valence-corrected chi connectivity index (χ1v) is 5.26. The van der Waals surface area contributed by atoms with Crippen molar-refractivity contribution < 1.29 is 0 Å². The van der Waals surface area contributed by atoms with Crippen molar-refractivity contribution in [2.24, 2.45) is 0 Å². The number of hydrogen-bond donors (Lipinski definition) is 0. The number of allylic oxidation sites excluding steroid dienone is 3. The molecule has 0 fully saturated rings. The molecule has 0 bridgehead atoms. The zero-order valence-electron chi connectivity index (χ0n) is 7.79. The summed E-state index contributed by atoms with van der Waals surface area (Å²) in [4.78, 5) is 0. The summed E-state index contributed by atoms with van der Waals surface area (Å²) in [6.45, 7) is 0. The van der Waals surface area contributed by atoms with Crippen molar-refractivity contribution in [1.82, 2.24) is 0 Å². The summed E-state index contributed by atoms with van der Waals surface area (Å²) in [6, 6.07) is 10.4. The van der Waals surface area contributed by atoms with Crippen molar-refractivity contribution in [1.29, 1.82) is 0 Å². The predicted octanol–water partition coefficient (Wildman–Crippen LogP) is 4.49. The molecule has 1 rings (SSSR count). The van der Waals surface area contributed by atoms with Crippen LogP contribution in [0.2, 0.25) is 0 Å². The van der Waals surface area contributed by atoms with Crippen LogP contribution in [0.1, 0.15) is 12.0 Å². The molecule has 0 aliphatic rings. The Hall–Kier alpha value is -0.720.